The summed E-state index contributed by atoms with van der Waals surface area (Å²) >= 11 is 0. The van der Waals surface area contributed by atoms with E-state index in [-0.39, 0.29) is 0 Å². The molecule has 0 amide bonds. The molecule has 1 aromatic heterocycles. The van der Waals surface area contributed by atoms with Crippen molar-refractivity contribution in [2.45, 2.75) is 12.5 Å². The molecule has 0 saturated heterocycles. The van der Waals surface area contributed by atoms with Gasteiger partial charge < -0.3 is 14.9 Å². The Kier molecular flexibility index (Phi) is 4.07. The van der Waals surface area contributed by atoms with Crippen LogP contribution in [0.4, 0.5) is 0 Å². The molecule has 0 aliphatic carbocycles. The van der Waals surface area contributed by atoms with Crippen LogP contribution in [0.15, 0.2) is 60.8 Å². The van der Waals surface area contributed by atoms with Crippen LogP contribution in [0.25, 0.3) is 10.9 Å². The number of hydrogen-bond donors (Lipinski definition) is 3. The molecule has 0 radical (unpaired) electrons. The number of hydrogen-bond acceptors (Lipinski definition) is 3. The maximum absolute atomic E-state index is 11.4. The van der Waals surface area contributed by atoms with Crippen LogP contribution in [-0.4, -0.2) is 22.1 Å². The predicted octanol–water partition coefficient (Wildman–Crippen LogP) is 2.75. The summed E-state index contributed by atoms with van der Waals surface area (Å²) in [7, 11) is 0. The van der Waals surface area contributed by atoms with Gasteiger partial charge in [0.15, 0.2) is 0 Å². The first kappa shape index (κ1) is 14.2. The van der Waals surface area contributed by atoms with Crippen molar-refractivity contribution < 1.29 is 14.7 Å². The molecule has 3 aromatic rings. The van der Waals surface area contributed by atoms with Gasteiger partial charge in [0.05, 0.1) is 0 Å². The SMILES string of the molecule is O=C(O)C(Cc1c[nH]c2ccccc12)NOc1ccccc1. The Labute approximate surface area is 127 Å². The molecule has 112 valence electrons. The lowest BCUT2D eigenvalue weighted by molar-refractivity contribution is -0.141. The molecule has 3 N–H and O–H groups in total. The van der Waals surface area contributed by atoms with E-state index in [1.54, 1.807) is 12.1 Å². The third kappa shape index (κ3) is 3.10. The van der Waals surface area contributed by atoms with Gasteiger partial charge in [-0.25, -0.2) is 0 Å². The van der Waals surface area contributed by atoms with Crippen molar-refractivity contribution in [3.05, 3.63) is 66.4 Å². The lowest BCUT2D eigenvalue weighted by atomic mass is 10.1. The number of benzene rings is 2. The van der Waals surface area contributed by atoms with Crippen molar-refractivity contribution in [2.24, 2.45) is 0 Å². The van der Waals surface area contributed by atoms with Crippen LogP contribution < -0.4 is 10.3 Å². The second-order valence-corrected chi connectivity index (χ2v) is 4.99. The summed E-state index contributed by atoms with van der Waals surface area (Å²) in [6.45, 7) is 0. The molecule has 1 heterocycles. The molecule has 0 bridgehead atoms. The monoisotopic (exact) mass is 296 g/mol. The van der Waals surface area contributed by atoms with Gasteiger partial charge in [0.2, 0.25) is 0 Å². The van der Waals surface area contributed by atoms with Crippen molar-refractivity contribution in [1.82, 2.24) is 10.5 Å². The average molecular weight is 296 g/mol. The summed E-state index contributed by atoms with van der Waals surface area (Å²) in [6.07, 6.45) is 2.16. The summed E-state index contributed by atoms with van der Waals surface area (Å²) in [5, 5.41) is 10.4. The van der Waals surface area contributed by atoms with Crippen LogP contribution in [0.1, 0.15) is 5.56 Å². The first-order valence-corrected chi connectivity index (χ1v) is 6.99. The van der Waals surface area contributed by atoms with E-state index in [9.17, 15) is 9.90 Å². The van der Waals surface area contributed by atoms with Crippen LogP contribution in [0.5, 0.6) is 5.75 Å². The Bertz CT molecular complexity index is 768. The molecule has 0 saturated carbocycles. The minimum atomic E-state index is -0.957. The zero-order valence-electron chi connectivity index (χ0n) is 11.8. The highest BCUT2D eigenvalue weighted by atomic mass is 16.6. The Balaban J connectivity index is 1.73. The van der Waals surface area contributed by atoms with Crippen LogP contribution >= 0.6 is 0 Å². The van der Waals surface area contributed by atoms with Crippen molar-refractivity contribution in [3.63, 3.8) is 0 Å². The lowest BCUT2D eigenvalue weighted by Gasteiger charge is -2.14. The van der Waals surface area contributed by atoms with Gasteiger partial charge in [-0.3, -0.25) is 4.79 Å². The van der Waals surface area contributed by atoms with Gasteiger partial charge in [-0.2, -0.15) is 0 Å². The zero-order chi connectivity index (χ0) is 15.4. The molecule has 3 rings (SSSR count). The maximum atomic E-state index is 11.4. The Hall–Kier alpha value is -2.79. The number of rotatable bonds is 6. The third-order valence-corrected chi connectivity index (χ3v) is 3.46. The van der Waals surface area contributed by atoms with Gasteiger partial charge in [0.25, 0.3) is 0 Å². The Morgan fingerprint density at radius 2 is 1.86 bits per heavy atom. The zero-order valence-corrected chi connectivity index (χ0v) is 11.8. The van der Waals surface area contributed by atoms with Crippen LogP contribution in [0, 0.1) is 0 Å². The summed E-state index contributed by atoms with van der Waals surface area (Å²) in [5.74, 6) is -0.381. The molecule has 22 heavy (non-hydrogen) atoms. The molecule has 0 aliphatic rings. The van der Waals surface area contributed by atoms with Gasteiger partial charge in [-0.15, -0.1) is 5.48 Å². The normalized spacial score (nSPS) is 12.2. The second kappa shape index (κ2) is 6.32. The first-order valence-electron chi connectivity index (χ1n) is 6.99. The minimum Gasteiger partial charge on any atom is -0.480 e. The topological polar surface area (TPSA) is 74.3 Å². The van der Waals surface area contributed by atoms with Crippen LogP contribution in [-0.2, 0) is 11.2 Å². The van der Waals surface area contributed by atoms with Gasteiger partial charge >= 0.3 is 5.97 Å². The van der Waals surface area contributed by atoms with Crippen molar-refractivity contribution >= 4 is 16.9 Å². The van der Waals surface area contributed by atoms with Gasteiger partial charge in [-0.1, -0.05) is 36.4 Å². The van der Waals surface area contributed by atoms with Crippen molar-refractivity contribution in [2.75, 3.05) is 0 Å². The first-order chi connectivity index (χ1) is 10.7. The number of hydroxylamine groups is 1. The largest absolute Gasteiger partial charge is 0.480 e. The standard InChI is InChI=1S/C17H16N2O3/c20-17(21)16(19-22-13-6-2-1-3-7-13)10-12-11-18-15-9-5-4-8-14(12)15/h1-9,11,16,18-19H,10H2,(H,20,21). The number of H-pyrrole nitrogens is 1. The number of aliphatic carboxylic acids is 1. The summed E-state index contributed by atoms with van der Waals surface area (Å²) in [5.41, 5.74) is 4.55. The minimum absolute atomic E-state index is 0.326. The highest BCUT2D eigenvalue weighted by Crippen LogP contribution is 2.19. The molecule has 0 spiro atoms. The maximum Gasteiger partial charge on any atom is 0.324 e. The van der Waals surface area contributed by atoms with E-state index in [0.717, 1.165) is 16.5 Å². The van der Waals surface area contributed by atoms with E-state index in [4.69, 9.17) is 4.84 Å². The molecular formula is C17H16N2O3. The number of para-hydroxylation sites is 2. The van der Waals surface area contributed by atoms with Crippen LogP contribution in [0.3, 0.4) is 0 Å². The fourth-order valence-corrected chi connectivity index (χ4v) is 2.33. The molecule has 5 nitrogen and oxygen atoms in total. The smallest absolute Gasteiger partial charge is 0.324 e. The predicted molar refractivity (Wildman–Crippen MR) is 83.6 cm³/mol. The van der Waals surface area contributed by atoms with Crippen LogP contribution in [0.2, 0.25) is 0 Å². The number of nitrogens with one attached hydrogen (secondary N) is 2. The Morgan fingerprint density at radius 3 is 2.64 bits per heavy atom. The van der Waals surface area contributed by atoms with E-state index >= 15 is 0 Å². The van der Waals surface area contributed by atoms with E-state index in [1.165, 1.54) is 0 Å². The van der Waals surface area contributed by atoms with Crippen molar-refractivity contribution in [3.8, 4) is 5.75 Å². The molecule has 2 aromatic carbocycles. The fraction of sp³-hybridized carbons (Fsp3) is 0.118. The van der Waals surface area contributed by atoms with E-state index in [1.807, 2.05) is 48.7 Å². The number of aromatic amines is 1. The number of aromatic nitrogens is 1. The molecule has 1 unspecified atom stereocenters. The highest BCUT2D eigenvalue weighted by molar-refractivity contribution is 5.84. The highest BCUT2D eigenvalue weighted by Gasteiger charge is 2.20. The number of carboxylic acid groups (broad SMARTS) is 1. The quantitative estimate of drug-likeness (QED) is 0.611. The van der Waals surface area contributed by atoms with E-state index < -0.39 is 12.0 Å². The molecule has 0 aliphatic heterocycles. The lowest BCUT2D eigenvalue weighted by Crippen LogP contribution is -2.40. The summed E-state index contributed by atoms with van der Waals surface area (Å²) in [6, 6.07) is 16.0. The van der Waals surface area contributed by atoms with Gasteiger partial charge in [0, 0.05) is 23.5 Å². The molecular weight excluding hydrogens is 280 g/mol. The Morgan fingerprint density at radius 1 is 1.14 bits per heavy atom. The molecule has 1 atom stereocenters. The van der Waals surface area contributed by atoms with Crippen molar-refractivity contribution in [1.29, 1.82) is 0 Å². The fourth-order valence-electron chi connectivity index (χ4n) is 2.33. The second-order valence-electron chi connectivity index (χ2n) is 4.99. The number of fused-ring (bicyclic) bond motifs is 1. The molecule has 0 fully saturated rings. The van der Waals surface area contributed by atoms with Gasteiger partial charge in [-0.05, 0) is 23.8 Å². The third-order valence-electron chi connectivity index (χ3n) is 3.46. The summed E-state index contributed by atoms with van der Waals surface area (Å²) < 4.78 is 0. The average Bonchev–Trinajstić information content (AvgIpc) is 2.95. The number of carbonyl (C=O) groups is 1. The summed E-state index contributed by atoms with van der Waals surface area (Å²) in [4.78, 5) is 19.9. The van der Waals surface area contributed by atoms with Gasteiger partial charge in [0.1, 0.15) is 11.8 Å². The molecule has 5 heteroatoms. The van der Waals surface area contributed by atoms with E-state index in [2.05, 4.69) is 10.5 Å². The van der Waals surface area contributed by atoms with E-state index in [0.29, 0.717) is 12.2 Å². The number of carboxylic acids is 1.